The van der Waals surface area contributed by atoms with Crippen LogP contribution >= 0.6 is 11.3 Å². The van der Waals surface area contributed by atoms with E-state index >= 15 is 0 Å². The van der Waals surface area contributed by atoms with Crippen molar-refractivity contribution in [3.8, 4) is 0 Å². The van der Waals surface area contributed by atoms with Gasteiger partial charge in [0.1, 0.15) is 0 Å². The van der Waals surface area contributed by atoms with E-state index in [1.54, 1.807) is 11.3 Å². The van der Waals surface area contributed by atoms with E-state index in [9.17, 15) is 4.79 Å². The second-order valence-corrected chi connectivity index (χ2v) is 7.93. The Morgan fingerprint density at radius 1 is 1.30 bits per heavy atom. The van der Waals surface area contributed by atoms with Crippen LogP contribution in [0.3, 0.4) is 0 Å². The van der Waals surface area contributed by atoms with Gasteiger partial charge in [-0.2, -0.15) is 0 Å². The molecule has 2 heterocycles. The van der Waals surface area contributed by atoms with E-state index in [4.69, 9.17) is 0 Å². The zero-order chi connectivity index (χ0) is 16.2. The lowest BCUT2D eigenvalue weighted by Crippen LogP contribution is -2.44. The molecule has 1 aliphatic heterocycles. The molecule has 0 spiro atoms. The molecule has 1 fully saturated rings. The SMILES string of the molecule is CC1CC(C)CN(CC(=O)NCCc2nc3ccccc3s2)C1. The number of fused-ring (bicyclic) bond motifs is 1. The Morgan fingerprint density at radius 2 is 2.04 bits per heavy atom. The molecule has 1 amide bonds. The fraction of sp³-hybridized carbons (Fsp3) is 0.556. The predicted octanol–water partition coefficient (Wildman–Crippen LogP) is 2.93. The Balaban J connectivity index is 1.44. The van der Waals surface area contributed by atoms with Crippen LogP contribution < -0.4 is 5.32 Å². The lowest BCUT2D eigenvalue weighted by molar-refractivity contribution is -0.122. The number of nitrogens with one attached hydrogen (secondary N) is 1. The Hall–Kier alpha value is -1.46. The highest BCUT2D eigenvalue weighted by Crippen LogP contribution is 2.22. The van der Waals surface area contributed by atoms with Crippen molar-refractivity contribution < 1.29 is 4.79 Å². The minimum atomic E-state index is 0.132. The number of rotatable bonds is 5. The first kappa shape index (κ1) is 16.4. The second kappa shape index (κ2) is 7.41. The molecule has 5 heteroatoms. The molecule has 0 saturated carbocycles. The highest BCUT2D eigenvalue weighted by atomic mass is 32.1. The van der Waals surface area contributed by atoms with Crippen LogP contribution in [0.15, 0.2) is 24.3 Å². The van der Waals surface area contributed by atoms with Crippen molar-refractivity contribution in [1.82, 2.24) is 15.2 Å². The summed E-state index contributed by atoms with van der Waals surface area (Å²) in [5, 5.41) is 4.13. The molecule has 0 radical (unpaired) electrons. The molecule has 4 nitrogen and oxygen atoms in total. The molecule has 1 saturated heterocycles. The third-order valence-electron chi connectivity index (χ3n) is 4.31. The van der Waals surface area contributed by atoms with Crippen LogP contribution in [0.25, 0.3) is 10.2 Å². The van der Waals surface area contributed by atoms with Crippen molar-refractivity contribution in [3.63, 3.8) is 0 Å². The molecule has 1 aromatic carbocycles. The number of hydrogen-bond acceptors (Lipinski definition) is 4. The van der Waals surface area contributed by atoms with E-state index in [2.05, 4.69) is 35.1 Å². The lowest BCUT2D eigenvalue weighted by atomic mass is 9.92. The number of para-hydroxylation sites is 1. The van der Waals surface area contributed by atoms with Crippen LogP contribution in [0.4, 0.5) is 0 Å². The first-order valence-electron chi connectivity index (χ1n) is 8.43. The monoisotopic (exact) mass is 331 g/mol. The summed E-state index contributed by atoms with van der Waals surface area (Å²) >= 11 is 1.71. The zero-order valence-corrected chi connectivity index (χ0v) is 14.7. The third kappa shape index (κ3) is 4.52. The summed E-state index contributed by atoms with van der Waals surface area (Å²) in [6, 6.07) is 8.17. The van der Waals surface area contributed by atoms with Crippen LogP contribution in [-0.2, 0) is 11.2 Å². The Labute approximate surface area is 141 Å². The average molecular weight is 331 g/mol. The maximum Gasteiger partial charge on any atom is 0.234 e. The fourth-order valence-corrected chi connectivity index (χ4v) is 4.48. The molecular weight excluding hydrogens is 306 g/mol. The molecule has 1 aromatic heterocycles. The number of carbonyl (C=O) groups excluding carboxylic acids is 1. The second-order valence-electron chi connectivity index (χ2n) is 6.82. The van der Waals surface area contributed by atoms with Crippen LogP contribution in [-0.4, -0.2) is 42.0 Å². The number of likely N-dealkylation sites (tertiary alicyclic amines) is 1. The van der Waals surface area contributed by atoms with Gasteiger partial charge in [-0.1, -0.05) is 26.0 Å². The standard InChI is InChI=1S/C18H25N3OS/c1-13-9-14(2)11-21(10-13)12-17(22)19-8-7-18-20-15-5-3-4-6-16(15)23-18/h3-6,13-14H,7-12H2,1-2H3,(H,19,22). The molecule has 0 aliphatic carbocycles. The molecule has 2 atom stereocenters. The Kier molecular flexibility index (Phi) is 5.28. The number of thiazole rings is 1. The quantitative estimate of drug-likeness (QED) is 0.916. The number of hydrogen-bond donors (Lipinski definition) is 1. The van der Waals surface area contributed by atoms with Crippen molar-refractivity contribution >= 4 is 27.5 Å². The van der Waals surface area contributed by atoms with Gasteiger partial charge in [-0.05, 0) is 30.4 Å². The fourth-order valence-electron chi connectivity index (χ4n) is 3.52. The number of carbonyl (C=O) groups is 1. The molecule has 1 N–H and O–H groups in total. The maximum absolute atomic E-state index is 12.1. The molecule has 3 rings (SSSR count). The summed E-state index contributed by atoms with van der Waals surface area (Å²) in [5.41, 5.74) is 1.05. The number of benzene rings is 1. The van der Waals surface area contributed by atoms with Gasteiger partial charge in [0.05, 0.1) is 21.8 Å². The molecule has 2 aromatic rings. The number of piperidine rings is 1. The summed E-state index contributed by atoms with van der Waals surface area (Å²) in [6.45, 7) is 7.80. The van der Waals surface area contributed by atoms with Crippen LogP contribution in [0, 0.1) is 11.8 Å². The van der Waals surface area contributed by atoms with Gasteiger partial charge in [-0.15, -0.1) is 11.3 Å². The number of aromatic nitrogens is 1. The van der Waals surface area contributed by atoms with Gasteiger partial charge >= 0.3 is 0 Å². The first-order chi connectivity index (χ1) is 11.1. The molecule has 23 heavy (non-hydrogen) atoms. The predicted molar refractivity (Wildman–Crippen MR) is 95.7 cm³/mol. The van der Waals surface area contributed by atoms with Crippen LogP contribution in [0.5, 0.6) is 0 Å². The average Bonchev–Trinajstić information content (AvgIpc) is 2.88. The van der Waals surface area contributed by atoms with Crippen molar-refractivity contribution in [2.45, 2.75) is 26.7 Å². The van der Waals surface area contributed by atoms with E-state index in [0.717, 1.165) is 30.0 Å². The maximum atomic E-state index is 12.1. The van der Waals surface area contributed by atoms with Gasteiger partial charge < -0.3 is 5.32 Å². The summed E-state index contributed by atoms with van der Waals surface area (Å²) in [4.78, 5) is 19.0. The molecule has 124 valence electrons. The van der Waals surface area contributed by atoms with Crippen molar-refractivity contribution in [1.29, 1.82) is 0 Å². The normalized spacial score (nSPS) is 22.3. The zero-order valence-electron chi connectivity index (χ0n) is 13.9. The number of nitrogens with zero attached hydrogens (tertiary/aromatic N) is 2. The van der Waals surface area contributed by atoms with E-state index in [1.165, 1.54) is 11.1 Å². The minimum absolute atomic E-state index is 0.132. The topological polar surface area (TPSA) is 45.2 Å². The highest BCUT2D eigenvalue weighted by molar-refractivity contribution is 7.18. The van der Waals surface area contributed by atoms with Crippen molar-refractivity contribution in [2.24, 2.45) is 11.8 Å². The van der Waals surface area contributed by atoms with Gasteiger partial charge in [-0.3, -0.25) is 9.69 Å². The van der Waals surface area contributed by atoms with Crippen molar-refractivity contribution in [3.05, 3.63) is 29.3 Å². The lowest BCUT2D eigenvalue weighted by Gasteiger charge is -2.34. The smallest absolute Gasteiger partial charge is 0.234 e. The summed E-state index contributed by atoms with van der Waals surface area (Å²) in [7, 11) is 0. The highest BCUT2D eigenvalue weighted by Gasteiger charge is 2.23. The van der Waals surface area contributed by atoms with E-state index in [-0.39, 0.29) is 5.91 Å². The number of amides is 1. The van der Waals surface area contributed by atoms with Gasteiger partial charge in [0.2, 0.25) is 5.91 Å². The largest absolute Gasteiger partial charge is 0.355 e. The molecule has 0 bridgehead atoms. The van der Waals surface area contributed by atoms with Crippen LogP contribution in [0.1, 0.15) is 25.3 Å². The Morgan fingerprint density at radius 3 is 2.78 bits per heavy atom. The summed E-state index contributed by atoms with van der Waals surface area (Å²) < 4.78 is 1.21. The Bertz CT molecular complexity index is 626. The molecular formula is C18H25N3OS. The first-order valence-corrected chi connectivity index (χ1v) is 9.25. The molecule has 1 aliphatic rings. The van der Waals surface area contributed by atoms with E-state index < -0.39 is 0 Å². The minimum Gasteiger partial charge on any atom is -0.355 e. The van der Waals surface area contributed by atoms with E-state index in [0.29, 0.717) is 24.9 Å². The van der Waals surface area contributed by atoms with Gasteiger partial charge in [0.25, 0.3) is 0 Å². The third-order valence-corrected chi connectivity index (χ3v) is 5.41. The molecule has 2 unspecified atom stereocenters. The summed E-state index contributed by atoms with van der Waals surface area (Å²) in [5.74, 6) is 1.51. The summed E-state index contributed by atoms with van der Waals surface area (Å²) in [6.07, 6.45) is 2.08. The van der Waals surface area contributed by atoms with E-state index in [1.807, 2.05) is 18.2 Å². The van der Waals surface area contributed by atoms with Crippen LogP contribution in [0.2, 0.25) is 0 Å². The van der Waals surface area contributed by atoms with Gasteiger partial charge in [0, 0.05) is 26.1 Å². The van der Waals surface area contributed by atoms with Gasteiger partial charge in [0.15, 0.2) is 0 Å². The van der Waals surface area contributed by atoms with Crippen molar-refractivity contribution in [2.75, 3.05) is 26.2 Å². The van der Waals surface area contributed by atoms with Gasteiger partial charge in [-0.25, -0.2) is 4.98 Å².